The smallest absolute Gasteiger partial charge is 0.0930 e. The molecule has 1 N–H and O–H groups in total. The summed E-state index contributed by atoms with van der Waals surface area (Å²) in [6.07, 6.45) is 3.87. The summed E-state index contributed by atoms with van der Waals surface area (Å²) in [6, 6.07) is 0. The van der Waals surface area contributed by atoms with E-state index in [2.05, 4.69) is 5.16 Å². The van der Waals surface area contributed by atoms with E-state index < -0.39 is 0 Å². The van der Waals surface area contributed by atoms with Gasteiger partial charge in [0.15, 0.2) is 0 Å². The van der Waals surface area contributed by atoms with E-state index in [1.165, 1.54) is 6.26 Å². The first kappa shape index (κ1) is 5.15. The summed E-state index contributed by atoms with van der Waals surface area (Å²) in [6.45, 7) is 0.621. The number of rotatable bonds is 0. The van der Waals surface area contributed by atoms with Crippen LogP contribution in [0, 0.1) is 0 Å². The van der Waals surface area contributed by atoms with Crippen molar-refractivity contribution in [1.29, 1.82) is 0 Å². The van der Waals surface area contributed by atoms with Crippen LogP contribution in [0.3, 0.4) is 0 Å². The third-order valence-corrected chi connectivity index (χ3v) is 0.961. The Kier molecular flexibility index (Phi) is 1.51. The van der Waals surface area contributed by atoms with Crippen molar-refractivity contribution in [2.45, 2.75) is 6.42 Å². The second-order valence-corrected chi connectivity index (χ2v) is 1.51. The highest BCUT2D eigenvalue weighted by molar-refractivity contribution is 5.94. The molecular formula is C5H7NO2. The molecule has 0 spiro atoms. The average Bonchev–Trinajstić information content (AvgIpc) is 1.90. The summed E-state index contributed by atoms with van der Waals surface area (Å²) >= 11 is 0. The highest BCUT2D eigenvalue weighted by Crippen LogP contribution is 1.97. The molecular weight excluding hydrogens is 106 g/mol. The van der Waals surface area contributed by atoms with E-state index in [0.717, 1.165) is 0 Å². The van der Waals surface area contributed by atoms with Crippen LogP contribution >= 0.6 is 0 Å². The zero-order valence-corrected chi connectivity index (χ0v) is 4.37. The van der Waals surface area contributed by atoms with Crippen LogP contribution in [-0.2, 0) is 4.74 Å². The lowest BCUT2D eigenvalue weighted by molar-refractivity contribution is 0.249. The molecule has 0 aromatic rings. The van der Waals surface area contributed by atoms with Gasteiger partial charge in [0, 0.05) is 6.42 Å². The molecule has 0 bridgehead atoms. The van der Waals surface area contributed by atoms with Gasteiger partial charge in [-0.3, -0.25) is 0 Å². The Bertz CT molecular complexity index is 128. The van der Waals surface area contributed by atoms with Gasteiger partial charge in [-0.15, -0.1) is 0 Å². The molecule has 0 fully saturated rings. The van der Waals surface area contributed by atoms with Gasteiger partial charge in [0.2, 0.25) is 0 Å². The predicted octanol–water partition coefficient (Wildman–Crippen LogP) is 0.751. The third kappa shape index (κ3) is 0.992. The average molecular weight is 113 g/mol. The van der Waals surface area contributed by atoms with E-state index in [0.29, 0.717) is 18.7 Å². The van der Waals surface area contributed by atoms with Crippen molar-refractivity contribution in [2.24, 2.45) is 5.16 Å². The fourth-order valence-electron chi connectivity index (χ4n) is 0.525. The van der Waals surface area contributed by atoms with Crippen molar-refractivity contribution in [3.63, 3.8) is 0 Å². The monoisotopic (exact) mass is 113 g/mol. The van der Waals surface area contributed by atoms with Gasteiger partial charge in [-0.05, 0) is 6.08 Å². The maximum absolute atomic E-state index is 8.17. The minimum Gasteiger partial charge on any atom is -0.501 e. The normalized spacial score (nSPS) is 23.2. The Morgan fingerprint density at radius 3 is 3.00 bits per heavy atom. The van der Waals surface area contributed by atoms with Crippen molar-refractivity contribution in [2.75, 3.05) is 6.61 Å². The molecule has 3 nitrogen and oxygen atoms in total. The molecule has 0 amide bonds. The second kappa shape index (κ2) is 2.35. The van der Waals surface area contributed by atoms with Crippen molar-refractivity contribution in [1.82, 2.24) is 0 Å². The molecule has 0 saturated carbocycles. The largest absolute Gasteiger partial charge is 0.501 e. The standard InChI is InChI=1S/C5H7NO2/c7-6-5-1-3-8-4-2-5/h1,3,7H,2,4H2. The molecule has 8 heavy (non-hydrogen) atoms. The van der Waals surface area contributed by atoms with Gasteiger partial charge in [-0.2, -0.15) is 0 Å². The summed E-state index contributed by atoms with van der Waals surface area (Å²) in [5.74, 6) is 0. The van der Waals surface area contributed by atoms with E-state index in [1.807, 2.05) is 0 Å². The second-order valence-electron chi connectivity index (χ2n) is 1.51. The first-order valence-corrected chi connectivity index (χ1v) is 2.42. The topological polar surface area (TPSA) is 41.8 Å². The molecule has 0 aromatic heterocycles. The quantitative estimate of drug-likeness (QED) is 0.372. The lowest BCUT2D eigenvalue weighted by Gasteiger charge is -2.04. The van der Waals surface area contributed by atoms with Crippen molar-refractivity contribution in [3.05, 3.63) is 12.3 Å². The summed E-state index contributed by atoms with van der Waals surface area (Å²) in [7, 11) is 0. The minimum atomic E-state index is 0.621. The van der Waals surface area contributed by atoms with Gasteiger partial charge in [-0.25, -0.2) is 0 Å². The lowest BCUT2D eigenvalue weighted by atomic mass is 10.2. The van der Waals surface area contributed by atoms with E-state index in [1.54, 1.807) is 6.08 Å². The first-order valence-electron chi connectivity index (χ1n) is 2.42. The zero-order chi connectivity index (χ0) is 5.82. The van der Waals surface area contributed by atoms with Crippen molar-refractivity contribution in [3.8, 4) is 0 Å². The molecule has 1 aliphatic rings. The lowest BCUT2D eigenvalue weighted by Crippen LogP contribution is -2.04. The van der Waals surface area contributed by atoms with Crippen LogP contribution in [0.2, 0.25) is 0 Å². The number of oxime groups is 1. The SMILES string of the molecule is ON=C1C=COCC1. The molecule has 3 heteroatoms. The fourth-order valence-corrected chi connectivity index (χ4v) is 0.525. The van der Waals surface area contributed by atoms with Gasteiger partial charge in [0.05, 0.1) is 18.6 Å². The molecule has 1 heterocycles. The van der Waals surface area contributed by atoms with Crippen LogP contribution < -0.4 is 0 Å². The van der Waals surface area contributed by atoms with Gasteiger partial charge < -0.3 is 9.94 Å². The zero-order valence-electron chi connectivity index (χ0n) is 4.37. The number of hydrogen-bond acceptors (Lipinski definition) is 3. The number of hydrogen-bond donors (Lipinski definition) is 1. The number of allylic oxidation sites excluding steroid dienone is 1. The highest BCUT2D eigenvalue weighted by Gasteiger charge is 1.98. The van der Waals surface area contributed by atoms with E-state index in [4.69, 9.17) is 9.94 Å². The Morgan fingerprint density at radius 2 is 2.62 bits per heavy atom. The molecule has 44 valence electrons. The van der Waals surface area contributed by atoms with E-state index in [-0.39, 0.29) is 0 Å². The first-order chi connectivity index (χ1) is 3.93. The Labute approximate surface area is 47.3 Å². The Hall–Kier alpha value is -0.990. The van der Waals surface area contributed by atoms with Gasteiger partial charge in [-0.1, -0.05) is 5.16 Å². The summed E-state index contributed by atoms with van der Waals surface area (Å²) in [5.41, 5.74) is 0.677. The fraction of sp³-hybridized carbons (Fsp3) is 0.400. The highest BCUT2D eigenvalue weighted by atomic mass is 16.5. The summed E-state index contributed by atoms with van der Waals surface area (Å²) in [4.78, 5) is 0. The number of nitrogens with zero attached hydrogens (tertiary/aromatic N) is 1. The van der Waals surface area contributed by atoms with Crippen LogP contribution in [0.4, 0.5) is 0 Å². The summed E-state index contributed by atoms with van der Waals surface area (Å²) < 4.78 is 4.83. The molecule has 0 unspecified atom stereocenters. The molecule has 0 aromatic carbocycles. The van der Waals surface area contributed by atoms with E-state index in [9.17, 15) is 0 Å². The maximum atomic E-state index is 8.17. The minimum absolute atomic E-state index is 0.621. The van der Waals surface area contributed by atoms with Crippen LogP contribution in [0.15, 0.2) is 17.5 Å². The van der Waals surface area contributed by atoms with E-state index >= 15 is 0 Å². The van der Waals surface area contributed by atoms with Crippen LogP contribution in [0.1, 0.15) is 6.42 Å². The van der Waals surface area contributed by atoms with Crippen molar-refractivity contribution >= 4 is 5.71 Å². The van der Waals surface area contributed by atoms with Gasteiger partial charge >= 0.3 is 0 Å². The summed E-state index contributed by atoms with van der Waals surface area (Å²) in [5, 5.41) is 11.2. The molecule has 1 rings (SSSR count). The number of ether oxygens (including phenoxy) is 1. The molecule has 0 saturated heterocycles. The Morgan fingerprint density at radius 1 is 1.75 bits per heavy atom. The predicted molar refractivity (Wildman–Crippen MR) is 28.9 cm³/mol. The van der Waals surface area contributed by atoms with Crippen LogP contribution in [-0.4, -0.2) is 17.5 Å². The maximum Gasteiger partial charge on any atom is 0.0930 e. The third-order valence-electron chi connectivity index (χ3n) is 0.961. The van der Waals surface area contributed by atoms with Gasteiger partial charge in [0.25, 0.3) is 0 Å². The Balaban J connectivity index is 2.56. The van der Waals surface area contributed by atoms with Crippen LogP contribution in [0.5, 0.6) is 0 Å². The molecule has 1 aliphatic heterocycles. The van der Waals surface area contributed by atoms with Crippen LogP contribution in [0.25, 0.3) is 0 Å². The van der Waals surface area contributed by atoms with Crippen molar-refractivity contribution < 1.29 is 9.94 Å². The molecule has 0 atom stereocenters. The molecule has 0 aliphatic carbocycles. The van der Waals surface area contributed by atoms with Gasteiger partial charge in [0.1, 0.15) is 0 Å². The molecule has 0 radical (unpaired) electrons.